The lowest BCUT2D eigenvalue weighted by atomic mass is 10.2. The van der Waals surface area contributed by atoms with Gasteiger partial charge in [-0.2, -0.15) is 0 Å². The molecule has 2 aromatic carbocycles. The first-order valence-electron chi connectivity index (χ1n) is 12.8. The number of nitrogens with two attached hydrogens (primary N) is 2. The number of nitrogen functional groups attached to an aromatic ring is 2. The van der Waals surface area contributed by atoms with Crippen LogP contribution in [0.1, 0.15) is 30.6 Å². The summed E-state index contributed by atoms with van der Waals surface area (Å²) in [5.41, 5.74) is 14.0. The normalized spacial score (nSPS) is 10.4. The summed E-state index contributed by atoms with van der Waals surface area (Å²) >= 11 is 5.78. The number of hydrogen-bond donors (Lipinski definition) is 6. The Hall–Kier alpha value is -4.37. The Morgan fingerprint density at radius 3 is 1.95 bits per heavy atom. The average molecular weight is 664 g/mol. The fourth-order valence-electron chi connectivity index (χ4n) is 3.83. The topological polar surface area (TPSA) is 180 Å². The number of aromatic nitrogens is 1. The van der Waals surface area contributed by atoms with Crippen LogP contribution >= 0.6 is 46.2 Å². The molecule has 0 aliphatic rings. The highest BCUT2D eigenvalue weighted by molar-refractivity contribution is 8.00. The molecule has 3 heterocycles. The Balaban J connectivity index is 0.000000202. The summed E-state index contributed by atoms with van der Waals surface area (Å²) in [7, 11) is 1.56. The summed E-state index contributed by atoms with van der Waals surface area (Å²) in [4.78, 5) is 30.4. The quantitative estimate of drug-likeness (QED) is 0.0582. The van der Waals surface area contributed by atoms with E-state index >= 15 is 0 Å². The van der Waals surface area contributed by atoms with E-state index in [4.69, 9.17) is 27.0 Å². The lowest BCUT2D eigenvalue weighted by Crippen LogP contribution is -2.14. The number of carbonyl (C=O) groups is 2. The van der Waals surface area contributed by atoms with Crippen molar-refractivity contribution in [1.82, 2.24) is 4.98 Å². The number of rotatable bonds is 9. The van der Waals surface area contributed by atoms with E-state index < -0.39 is 0 Å². The number of anilines is 2. The predicted molar refractivity (Wildman–Crippen MR) is 185 cm³/mol. The smallest absolute Gasteiger partial charge is 0.274 e. The van der Waals surface area contributed by atoms with Crippen molar-refractivity contribution in [1.29, 1.82) is 10.8 Å². The van der Waals surface area contributed by atoms with E-state index in [1.54, 1.807) is 49.6 Å². The molecule has 0 spiro atoms. The van der Waals surface area contributed by atoms with Crippen molar-refractivity contribution in [2.45, 2.75) is 8.42 Å². The van der Waals surface area contributed by atoms with Crippen LogP contribution in [0.3, 0.4) is 0 Å². The molecule has 0 unspecified atom stereocenters. The number of amides is 2. The maximum atomic E-state index is 12.4. The number of benzene rings is 2. The zero-order valence-corrected chi connectivity index (χ0v) is 27.2. The molecule has 5 rings (SSSR count). The second kappa shape index (κ2) is 14.9. The second-order valence-electron chi connectivity index (χ2n) is 8.89. The number of fused-ring (bicyclic) bond motifs is 1. The molecule has 0 saturated carbocycles. The van der Waals surface area contributed by atoms with E-state index in [0.29, 0.717) is 38.1 Å². The fraction of sp³-hybridized carbons (Fsp3) is 0.100. The number of hydrogen-bond acceptors (Lipinski definition) is 10. The molecule has 0 bridgehead atoms. The van der Waals surface area contributed by atoms with E-state index in [9.17, 15) is 9.59 Å². The zero-order valence-electron chi connectivity index (χ0n) is 23.9. The van der Waals surface area contributed by atoms with Crippen LogP contribution in [0.25, 0.3) is 10.9 Å². The summed E-state index contributed by atoms with van der Waals surface area (Å²) < 4.78 is 6.93. The SMILES string of the molecule is COc1cccc(C(=O)Nc2cc(C(=N)N)sc2SC)c1.CSc1sc(C(=N)N)cc1NC(=O)c1ccc2ccccc2n1. The van der Waals surface area contributed by atoms with Crippen LogP contribution < -0.4 is 26.8 Å². The van der Waals surface area contributed by atoms with E-state index in [1.165, 1.54) is 46.2 Å². The lowest BCUT2D eigenvalue weighted by molar-refractivity contribution is 0.101. The van der Waals surface area contributed by atoms with Gasteiger partial charge in [0.1, 0.15) is 23.1 Å². The maximum Gasteiger partial charge on any atom is 0.274 e. The summed E-state index contributed by atoms with van der Waals surface area (Å²) in [6, 6.07) is 21.6. The largest absolute Gasteiger partial charge is 0.497 e. The van der Waals surface area contributed by atoms with Gasteiger partial charge in [0.25, 0.3) is 11.8 Å². The summed E-state index contributed by atoms with van der Waals surface area (Å²) in [6.07, 6.45) is 3.83. The lowest BCUT2D eigenvalue weighted by Gasteiger charge is -2.06. The summed E-state index contributed by atoms with van der Waals surface area (Å²) in [6.45, 7) is 0. The van der Waals surface area contributed by atoms with Gasteiger partial charge in [-0.3, -0.25) is 20.4 Å². The fourth-order valence-corrected chi connectivity index (χ4v) is 7.11. The minimum atomic E-state index is -0.279. The molecule has 3 aromatic heterocycles. The van der Waals surface area contributed by atoms with E-state index in [0.717, 1.165) is 19.3 Å². The van der Waals surface area contributed by atoms with Crippen LogP contribution in [-0.4, -0.2) is 48.1 Å². The van der Waals surface area contributed by atoms with Crippen molar-refractivity contribution in [3.8, 4) is 5.75 Å². The van der Waals surface area contributed by atoms with Gasteiger partial charge in [-0.05, 0) is 55.0 Å². The number of methoxy groups -OCH3 is 1. The van der Waals surface area contributed by atoms with E-state index in [-0.39, 0.29) is 23.5 Å². The van der Waals surface area contributed by atoms with Gasteiger partial charge < -0.3 is 26.8 Å². The first-order chi connectivity index (χ1) is 21.1. The highest BCUT2D eigenvalue weighted by atomic mass is 32.2. The van der Waals surface area contributed by atoms with Gasteiger partial charge in [0.05, 0.1) is 42.2 Å². The Morgan fingerprint density at radius 2 is 1.39 bits per heavy atom. The molecule has 14 heteroatoms. The molecule has 44 heavy (non-hydrogen) atoms. The molecule has 0 atom stereocenters. The van der Waals surface area contributed by atoms with Crippen LogP contribution in [0, 0.1) is 10.8 Å². The predicted octanol–water partition coefficient (Wildman–Crippen LogP) is 6.57. The number of nitrogens with one attached hydrogen (secondary N) is 4. The third-order valence-electron chi connectivity index (χ3n) is 5.96. The first-order valence-corrected chi connectivity index (χ1v) is 16.9. The van der Waals surface area contributed by atoms with Gasteiger partial charge in [0.2, 0.25) is 0 Å². The summed E-state index contributed by atoms with van der Waals surface area (Å²) in [5, 5.41) is 21.7. The number of nitrogens with zero attached hydrogens (tertiary/aromatic N) is 1. The van der Waals surface area contributed by atoms with Crippen LogP contribution in [0.2, 0.25) is 0 Å². The van der Waals surface area contributed by atoms with Crippen LogP contribution in [0.5, 0.6) is 5.75 Å². The van der Waals surface area contributed by atoms with Gasteiger partial charge in [0.15, 0.2) is 0 Å². The Bertz CT molecular complexity index is 1850. The van der Waals surface area contributed by atoms with Crippen LogP contribution in [-0.2, 0) is 0 Å². The number of amidine groups is 2. The van der Waals surface area contributed by atoms with Crippen molar-refractivity contribution < 1.29 is 14.3 Å². The molecule has 10 nitrogen and oxygen atoms in total. The van der Waals surface area contributed by atoms with Crippen LogP contribution in [0.15, 0.2) is 81.2 Å². The van der Waals surface area contributed by atoms with Gasteiger partial charge in [-0.1, -0.05) is 30.3 Å². The van der Waals surface area contributed by atoms with E-state index in [2.05, 4.69) is 15.6 Å². The molecule has 0 aliphatic carbocycles. The molecule has 226 valence electrons. The Kier molecular flexibility index (Phi) is 11.0. The maximum absolute atomic E-state index is 12.4. The number of carbonyl (C=O) groups excluding carboxylic acids is 2. The number of pyridine rings is 1. The molecule has 0 radical (unpaired) electrons. The minimum Gasteiger partial charge on any atom is -0.497 e. The highest BCUT2D eigenvalue weighted by Crippen LogP contribution is 2.36. The standard InChI is InChI=1S/C16H14N4OS2.C14H15N3O2S2/c1-22-16-12(8-13(23-16)14(17)18)20-15(21)11-7-6-9-4-2-3-5-10(9)19-11;1-19-9-5-3-4-8(6-9)13(18)17-10-7-11(12(15)16)21-14(10)20-2/h2-8H,1H3,(H3,17,18)(H,20,21);3-7H,1-2H3,(H3,15,16)(H,17,18). The van der Waals surface area contributed by atoms with Gasteiger partial charge in [-0.15, -0.1) is 46.2 Å². The third-order valence-corrected chi connectivity index (χ3v) is 10.6. The first kappa shape index (κ1) is 32.5. The minimum absolute atomic E-state index is 0.00261. The average Bonchev–Trinajstić information content (AvgIpc) is 3.65. The molecule has 0 fully saturated rings. The molecule has 8 N–H and O–H groups in total. The van der Waals surface area contributed by atoms with Crippen molar-refractivity contribution in [3.05, 3.63) is 93.8 Å². The van der Waals surface area contributed by atoms with E-state index in [1.807, 2.05) is 42.8 Å². The molecular weight excluding hydrogens is 635 g/mol. The third kappa shape index (κ3) is 7.96. The molecular formula is C30H29N7O3S4. The van der Waals surface area contributed by atoms with Crippen molar-refractivity contribution in [2.75, 3.05) is 30.3 Å². The Morgan fingerprint density at radius 1 is 0.795 bits per heavy atom. The molecule has 2 amide bonds. The van der Waals surface area contributed by atoms with Crippen molar-refractivity contribution >= 4 is 92.0 Å². The van der Waals surface area contributed by atoms with Crippen LogP contribution in [0.4, 0.5) is 11.4 Å². The van der Waals surface area contributed by atoms with Crippen molar-refractivity contribution in [2.24, 2.45) is 11.5 Å². The molecule has 5 aromatic rings. The second-order valence-corrected chi connectivity index (χ2v) is 13.1. The van der Waals surface area contributed by atoms with Gasteiger partial charge >= 0.3 is 0 Å². The molecule has 0 saturated heterocycles. The molecule has 0 aliphatic heterocycles. The number of para-hydroxylation sites is 1. The number of thioether (sulfide) groups is 2. The monoisotopic (exact) mass is 663 g/mol. The highest BCUT2D eigenvalue weighted by Gasteiger charge is 2.16. The number of ether oxygens (including phenoxy) is 1. The Labute approximate surface area is 270 Å². The van der Waals surface area contributed by atoms with Crippen molar-refractivity contribution in [3.63, 3.8) is 0 Å². The zero-order chi connectivity index (χ0) is 31.8. The van der Waals surface area contributed by atoms with Gasteiger partial charge in [-0.25, -0.2) is 4.98 Å². The van der Waals surface area contributed by atoms with Gasteiger partial charge in [0, 0.05) is 10.9 Å². The number of thiophene rings is 2. The summed E-state index contributed by atoms with van der Waals surface area (Å²) in [5.74, 6) is 0.116.